The first-order chi connectivity index (χ1) is 21.4. The van der Waals surface area contributed by atoms with E-state index in [2.05, 4.69) is 31.3 Å². The summed E-state index contributed by atoms with van der Waals surface area (Å²) in [5.74, 6) is -0.206. The molecule has 3 unspecified atom stereocenters. The van der Waals surface area contributed by atoms with E-state index in [1.165, 1.54) is 103 Å². The van der Waals surface area contributed by atoms with Gasteiger partial charge in [-0.15, -0.1) is 0 Å². The second-order valence-corrected chi connectivity index (χ2v) is 13.5. The molecule has 260 valence electrons. The summed E-state index contributed by atoms with van der Waals surface area (Å²) >= 11 is 0. The van der Waals surface area contributed by atoms with Gasteiger partial charge in [-0.05, 0) is 32.1 Å². The van der Waals surface area contributed by atoms with E-state index in [0.29, 0.717) is 6.42 Å². The van der Waals surface area contributed by atoms with Crippen molar-refractivity contribution in [2.75, 3.05) is 19.8 Å². The lowest BCUT2D eigenvalue weighted by Gasteiger charge is -2.23. The molecule has 9 heteroatoms. The topological polar surface area (TPSA) is 131 Å². The van der Waals surface area contributed by atoms with Gasteiger partial charge in [0.1, 0.15) is 0 Å². The fourth-order valence-electron chi connectivity index (χ4n) is 5.03. The molecule has 0 rings (SSSR count). The fourth-order valence-corrected chi connectivity index (χ4v) is 5.79. The van der Waals surface area contributed by atoms with Crippen molar-refractivity contribution in [3.8, 4) is 0 Å². The molecule has 44 heavy (non-hydrogen) atoms. The Balaban J connectivity index is 4.36. The van der Waals surface area contributed by atoms with E-state index in [0.717, 1.165) is 38.5 Å². The van der Waals surface area contributed by atoms with E-state index in [1.807, 2.05) is 6.08 Å². The number of nitrogens with two attached hydrogens (primary N) is 1. The van der Waals surface area contributed by atoms with Crippen molar-refractivity contribution < 1.29 is 28.4 Å². The summed E-state index contributed by atoms with van der Waals surface area (Å²) in [5.41, 5.74) is 5.34. The van der Waals surface area contributed by atoms with Gasteiger partial charge in [0.05, 0.1) is 25.4 Å². The van der Waals surface area contributed by atoms with Crippen LogP contribution >= 0.6 is 7.82 Å². The minimum Gasteiger partial charge on any atom is -0.387 e. The summed E-state index contributed by atoms with van der Waals surface area (Å²) in [6, 6.07) is -0.869. The zero-order valence-corrected chi connectivity index (χ0v) is 29.3. The number of hydrogen-bond donors (Lipinski definition) is 4. The molecule has 8 nitrogen and oxygen atoms in total. The van der Waals surface area contributed by atoms with Crippen molar-refractivity contribution in [3.63, 3.8) is 0 Å². The van der Waals surface area contributed by atoms with Crippen LogP contribution in [0.2, 0.25) is 0 Å². The van der Waals surface area contributed by atoms with E-state index < -0.39 is 20.0 Å². The van der Waals surface area contributed by atoms with E-state index in [-0.39, 0.29) is 25.7 Å². The molecule has 5 N–H and O–H groups in total. The molecule has 0 saturated heterocycles. The van der Waals surface area contributed by atoms with Crippen molar-refractivity contribution in [3.05, 3.63) is 24.3 Å². The van der Waals surface area contributed by atoms with Crippen molar-refractivity contribution in [1.82, 2.24) is 5.32 Å². The van der Waals surface area contributed by atoms with Crippen LogP contribution < -0.4 is 11.1 Å². The van der Waals surface area contributed by atoms with Gasteiger partial charge in [-0.1, -0.05) is 147 Å². The SMILES string of the molecule is CCCCCCC/C=C/CC/C=C/C(O)C(COP(=O)(O)OCCN)NC(=O)CCCCCCCCCCCCCCCC. The van der Waals surface area contributed by atoms with E-state index >= 15 is 0 Å². The Kier molecular flexibility index (Phi) is 31.2. The third-order valence-corrected chi connectivity index (χ3v) is 8.76. The smallest absolute Gasteiger partial charge is 0.387 e. The summed E-state index contributed by atoms with van der Waals surface area (Å²) in [5, 5.41) is 13.5. The normalized spacial score (nSPS) is 14.8. The molecule has 0 aliphatic rings. The summed E-state index contributed by atoms with van der Waals surface area (Å²) < 4.78 is 21.9. The van der Waals surface area contributed by atoms with Crippen LogP contribution in [0.5, 0.6) is 0 Å². The number of carbonyl (C=O) groups excluding carboxylic acids is 1. The predicted molar refractivity (Wildman–Crippen MR) is 185 cm³/mol. The number of amides is 1. The van der Waals surface area contributed by atoms with Gasteiger partial charge in [-0.25, -0.2) is 4.57 Å². The number of nitrogens with one attached hydrogen (secondary N) is 1. The van der Waals surface area contributed by atoms with Crippen LogP contribution in [0.3, 0.4) is 0 Å². The first kappa shape index (κ1) is 43.0. The maximum Gasteiger partial charge on any atom is 0.472 e. The molecule has 0 radical (unpaired) electrons. The van der Waals surface area contributed by atoms with E-state index in [4.69, 9.17) is 14.8 Å². The third-order valence-electron chi connectivity index (χ3n) is 7.78. The van der Waals surface area contributed by atoms with Gasteiger partial charge in [0.2, 0.25) is 5.91 Å². The third kappa shape index (κ3) is 29.7. The molecular formula is C35H69N2O6P. The van der Waals surface area contributed by atoms with Crippen LogP contribution in [0.4, 0.5) is 0 Å². The average molecular weight is 645 g/mol. The Morgan fingerprint density at radius 3 is 1.75 bits per heavy atom. The fraction of sp³-hybridized carbons (Fsp3) is 0.857. The molecular weight excluding hydrogens is 575 g/mol. The lowest BCUT2D eigenvalue weighted by atomic mass is 10.0. The zero-order chi connectivity index (χ0) is 32.6. The summed E-state index contributed by atoms with van der Waals surface area (Å²) in [6.07, 6.45) is 33.7. The number of aliphatic hydroxyl groups is 1. The summed E-state index contributed by atoms with van der Waals surface area (Å²) in [4.78, 5) is 22.5. The van der Waals surface area contributed by atoms with Gasteiger partial charge in [-0.2, -0.15) is 0 Å². The molecule has 0 heterocycles. The number of aliphatic hydroxyl groups excluding tert-OH is 1. The maximum absolute atomic E-state index is 12.6. The molecule has 0 aromatic carbocycles. The van der Waals surface area contributed by atoms with Gasteiger partial charge < -0.3 is 21.1 Å². The molecule has 0 saturated carbocycles. The zero-order valence-electron chi connectivity index (χ0n) is 28.4. The molecule has 1 amide bonds. The minimum absolute atomic E-state index is 0.0753. The summed E-state index contributed by atoms with van der Waals surface area (Å²) in [6.45, 7) is 4.07. The summed E-state index contributed by atoms with van der Waals surface area (Å²) in [7, 11) is -4.33. The van der Waals surface area contributed by atoms with Gasteiger partial charge in [0, 0.05) is 13.0 Å². The lowest BCUT2D eigenvalue weighted by Crippen LogP contribution is -2.45. The number of carbonyl (C=O) groups is 1. The highest BCUT2D eigenvalue weighted by molar-refractivity contribution is 7.47. The van der Waals surface area contributed by atoms with Gasteiger partial charge in [0.15, 0.2) is 0 Å². The molecule has 0 aromatic rings. The number of rotatable bonds is 33. The van der Waals surface area contributed by atoms with Crippen molar-refractivity contribution in [1.29, 1.82) is 0 Å². The van der Waals surface area contributed by atoms with Crippen molar-refractivity contribution in [2.24, 2.45) is 5.73 Å². The van der Waals surface area contributed by atoms with Crippen molar-refractivity contribution >= 4 is 13.7 Å². The van der Waals surface area contributed by atoms with Crippen LogP contribution in [0.1, 0.15) is 162 Å². The van der Waals surface area contributed by atoms with E-state index in [1.54, 1.807) is 6.08 Å². The van der Waals surface area contributed by atoms with Crippen LogP contribution in [0.15, 0.2) is 24.3 Å². The van der Waals surface area contributed by atoms with E-state index in [9.17, 15) is 19.4 Å². The largest absolute Gasteiger partial charge is 0.472 e. The van der Waals surface area contributed by atoms with Crippen LogP contribution in [-0.4, -0.2) is 47.8 Å². The van der Waals surface area contributed by atoms with Crippen LogP contribution in [0.25, 0.3) is 0 Å². The Morgan fingerprint density at radius 2 is 1.20 bits per heavy atom. The quantitative estimate of drug-likeness (QED) is 0.0318. The Bertz CT molecular complexity index is 749. The second-order valence-electron chi connectivity index (χ2n) is 12.1. The Morgan fingerprint density at radius 1 is 0.727 bits per heavy atom. The maximum atomic E-state index is 12.6. The lowest BCUT2D eigenvalue weighted by molar-refractivity contribution is -0.123. The Labute approximate surface area is 270 Å². The second kappa shape index (κ2) is 31.9. The highest BCUT2D eigenvalue weighted by atomic mass is 31.2. The molecule has 0 fully saturated rings. The standard InChI is InChI=1S/C35H69N2O6P/c1-3-5-7-9-11-13-15-16-17-19-21-23-25-27-29-35(39)37-33(32-43-44(40,41)42-31-30-36)34(38)28-26-24-22-20-18-14-12-10-8-6-4-2/h18,20,26,28,33-34,38H,3-17,19,21-25,27,29-32,36H2,1-2H3,(H,37,39)(H,40,41)/b20-18+,28-26+. The number of hydrogen-bond acceptors (Lipinski definition) is 6. The molecule has 0 bridgehead atoms. The highest BCUT2D eigenvalue weighted by Gasteiger charge is 2.26. The molecule has 0 aromatic heterocycles. The molecule has 0 aliphatic carbocycles. The first-order valence-corrected chi connectivity index (χ1v) is 19.5. The number of allylic oxidation sites excluding steroid dienone is 3. The van der Waals surface area contributed by atoms with Gasteiger partial charge in [-0.3, -0.25) is 13.8 Å². The number of phosphoric acid groups is 1. The van der Waals surface area contributed by atoms with Crippen molar-refractivity contribution in [2.45, 2.75) is 174 Å². The molecule has 3 atom stereocenters. The van der Waals surface area contributed by atoms with Crippen LogP contribution in [-0.2, 0) is 18.4 Å². The highest BCUT2D eigenvalue weighted by Crippen LogP contribution is 2.43. The average Bonchev–Trinajstić information content (AvgIpc) is 3.01. The van der Waals surface area contributed by atoms with Crippen LogP contribution in [0, 0.1) is 0 Å². The first-order valence-electron chi connectivity index (χ1n) is 18.0. The van der Waals surface area contributed by atoms with Gasteiger partial charge >= 0.3 is 7.82 Å². The van der Waals surface area contributed by atoms with Gasteiger partial charge in [0.25, 0.3) is 0 Å². The predicted octanol–water partition coefficient (Wildman–Crippen LogP) is 9.05. The monoisotopic (exact) mass is 644 g/mol. The molecule has 0 spiro atoms. The minimum atomic E-state index is -4.33. The Hall–Kier alpha value is -1.02. The number of unbranched alkanes of at least 4 members (excludes halogenated alkanes) is 19. The number of phosphoric ester groups is 1. The molecule has 0 aliphatic heterocycles.